The third kappa shape index (κ3) is 4.06. The van der Waals surface area contributed by atoms with Gasteiger partial charge in [0.15, 0.2) is 0 Å². The lowest BCUT2D eigenvalue weighted by Crippen LogP contribution is -2.37. The van der Waals surface area contributed by atoms with Gasteiger partial charge in [0.05, 0.1) is 0 Å². The van der Waals surface area contributed by atoms with Crippen molar-refractivity contribution in [3.8, 4) is 11.1 Å². The molecular weight excluding hydrogens is 309 g/mol. The quantitative estimate of drug-likeness (QED) is 0.604. The van der Waals surface area contributed by atoms with E-state index in [0.29, 0.717) is 18.3 Å². The largest absolute Gasteiger partial charge is 0.481 e. The van der Waals surface area contributed by atoms with Crippen LogP contribution in [0.3, 0.4) is 0 Å². The summed E-state index contributed by atoms with van der Waals surface area (Å²) < 4.78 is 13.8. The van der Waals surface area contributed by atoms with Crippen molar-refractivity contribution in [1.29, 1.82) is 0 Å². The Labute approximate surface area is 140 Å². The summed E-state index contributed by atoms with van der Waals surface area (Å²) >= 11 is 0. The molecule has 0 amide bonds. The number of nitrogens with two attached hydrogens (primary N) is 1. The van der Waals surface area contributed by atoms with Crippen LogP contribution in [0.4, 0.5) is 4.39 Å². The third-order valence-corrected chi connectivity index (χ3v) is 4.07. The molecule has 0 spiro atoms. The Balaban J connectivity index is 2.08. The summed E-state index contributed by atoms with van der Waals surface area (Å²) in [5.41, 5.74) is 6.70. The second-order valence-electron chi connectivity index (χ2n) is 6.19. The van der Waals surface area contributed by atoms with Crippen molar-refractivity contribution in [2.75, 3.05) is 0 Å². The van der Waals surface area contributed by atoms with E-state index in [-0.39, 0.29) is 12.2 Å². The molecule has 0 saturated carbocycles. The predicted molar refractivity (Wildman–Crippen MR) is 89.9 cm³/mol. The van der Waals surface area contributed by atoms with Crippen LogP contribution in [-0.2, 0) is 16.0 Å². The Morgan fingerprint density at radius 1 is 1.25 bits per heavy atom. The molecule has 0 aromatic heterocycles. The molecule has 2 atom stereocenters. The molecule has 0 aliphatic rings. The first kappa shape index (κ1) is 17.8. The minimum atomic E-state index is -1.48. The first-order valence-corrected chi connectivity index (χ1v) is 7.65. The molecule has 4 nitrogen and oxygen atoms in total. The van der Waals surface area contributed by atoms with Crippen molar-refractivity contribution in [2.24, 2.45) is 11.1 Å². The number of aliphatic carboxylic acids is 1. The minimum absolute atomic E-state index is 0.0564. The summed E-state index contributed by atoms with van der Waals surface area (Å²) in [6.07, 6.45) is 0.922. The molecule has 2 aromatic carbocycles. The summed E-state index contributed by atoms with van der Waals surface area (Å²) in [6.45, 7) is 1.36. The molecule has 0 heterocycles. The van der Waals surface area contributed by atoms with Crippen molar-refractivity contribution in [2.45, 2.75) is 25.8 Å². The molecule has 2 rings (SSSR count). The fourth-order valence-electron chi connectivity index (χ4n) is 2.62. The van der Waals surface area contributed by atoms with Gasteiger partial charge in [-0.25, -0.2) is 4.39 Å². The van der Waals surface area contributed by atoms with Crippen molar-refractivity contribution < 1.29 is 19.1 Å². The van der Waals surface area contributed by atoms with Crippen molar-refractivity contribution in [1.82, 2.24) is 0 Å². The first-order valence-electron chi connectivity index (χ1n) is 7.65. The molecule has 126 valence electrons. The number of carbonyl (C=O) groups excluding carboxylic acids is 1. The van der Waals surface area contributed by atoms with Gasteiger partial charge in [-0.1, -0.05) is 42.5 Å². The summed E-state index contributed by atoms with van der Waals surface area (Å²) in [5, 5.41) is 9.11. The molecule has 5 heteroatoms. The Morgan fingerprint density at radius 2 is 1.88 bits per heavy atom. The van der Waals surface area contributed by atoms with Crippen LogP contribution in [0.15, 0.2) is 48.5 Å². The summed E-state index contributed by atoms with van der Waals surface area (Å²) in [7, 11) is 0. The Bertz CT molecular complexity index is 730. The Kier molecular flexibility index (Phi) is 5.46. The maximum Gasteiger partial charge on any atom is 0.316 e. The monoisotopic (exact) mass is 329 g/mol. The van der Waals surface area contributed by atoms with E-state index in [1.165, 1.54) is 13.0 Å². The molecule has 0 saturated heterocycles. The molecule has 0 fully saturated rings. The standard InChI is InChI=1S/C19H20FNO3/c1-19(12-22,18(23)24)11-15(21)10-13-6-8-14(9-7-13)16-4-2-3-5-17(16)20/h2-9,12,15H,10-11,21H2,1H3,(H,23,24)/t15-,19+/m1/s1. The molecule has 3 N–H and O–H groups in total. The number of hydrogen-bond acceptors (Lipinski definition) is 3. The van der Waals surface area contributed by atoms with Gasteiger partial charge >= 0.3 is 5.97 Å². The zero-order valence-electron chi connectivity index (χ0n) is 13.4. The lowest BCUT2D eigenvalue weighted by atomic mass is 9.83. The number of carboxylic acids is 1. The Hall–Kier alpha value is -2.53. The van der Waals surface area contributed by atoms with Gasteiger partial charge in [0.25, 0.3) is 0 Å². The summed E-state index contributed by atoms with van der Waals surface area (Å²) in [4.78, 5) is 22.2. The summed E-state index contributed by atoms with van der Waals surface area (Å²) in [5.74, 6) is -1.46. The molecule has 24 heavy (non-hydrogen) atoms. The number of halogens is 1. The van der Waals surface area contributed by atoms with Crippen molar-refractivity contribution in [3.63, 3.8) is 0 Å². The molecular formula is C19H20FNO3. The van der Waals surface area contributed by atoms with Crippen LogP contribution < -0.4 is 5.73 Å². The van der Waals surface area contributed by atoms with E-state index in [9.17, 15) is 14.0 Å². The van der Waals surface area contributed by atoms with Crippen LogP contribution in [0.1, 0.15) is 18.9 Å². The molecule has 2 aromatic rings. The fraction of sp³-hybridized carbons (Fsp3) is 0.263. The van der Waals surface area contributed by atoms with E-state index in [2.05, 4.69) is 0 Å². The lowest BCUT2D eigenvalue weighted by molar-refractivity contribution is -0.150. The molecule has 0 unspecified atom stereocenters. The van der Waals surface area contributed by atoms with Crippen LogP contribution in [0.2, 0.25) is 0 Å². The first-order chi connectivity index (χ1) is 11.4. The van der Waals surface area contributed by atoms with E-state index in [1.54, 1.807) is 30.3 Å². The maximum absolute atomic E-state index is 13.8. The van der Waals surface area contributed by atoms with Crippen LogP contribution >= 0.6 is 0 Å². The van der Waals surface area contributed by atoms with Crippen LogP contribution in [0.5, 0.6) is 0 Å². The third-order valence-electron chi connectivity index (χ3n) is 4.07. The lowest BCUT2D eigenvalue weighted by Gasteiger charge is -2.22. The Morgan fingerprint density at radius 3 is 2.42 bits per heavy atom. The van der Waals surface area contributed by atoms with Crippen LogP contribution in [0, 0.1) is 11.2 Å². The highest BCUT2D eigenvalue weighted by Gasteiger charge is 2.34. The topological polar surface area (TPSA) is 80.4 Å². The average molecular weight is 329 g/mol. The van der Waals surface area contributed by atoms with Gasteiger partial charge in [0.2, 0.25) is 0 Å². The van der Waals surface area contributed by atoms with Gasteiger partial charge in [-0.05, 0) is 37.0 Å². The SMILES string of the molecule is C[C@@](C=O)(C[C@H](N)Cc1ccc(-c2ccccc2F)cc1)C(=O)O. The van der Waals surface area contributed by atoms with Gasteiger partial charge < -0.3 is 15.6 Å². The highest BCUT2D eigenvalue weighted by atomic mass is 19.1. The average Bonchev–Trinajstić information content (AvgIpc) is 2.55. The van der Waals surface area contributed by atoms with Gasteiger partial charge in [-0.3, -0.25) is 4.79 Å². The minimum Gasteiger partial charge on any atom is -0.481 e. The molecule has 0 aliphatic heterocycles. The highest BCUT2D eigenvalue weighted by Crippen LogP contribution is 2.25. The van der Waals surface area contributed by atoms with E-state index in [0.717, 1.165) is 11.1 Å². The zero-order chi connectivity index (χ0) is 17.7. The molecule has 0 radical (unpaired) electrons. The number of hydrogen-bond donors (Lipinski definition) is 2. The van der Waals surface area contributed by atoms with Gasteiger partial charge in [-0.15, -0.1) is 0 Å². The number of rotatable bonds is 7. The highest BCUT2D eigenvalue weighted by molar-refractivity contribution is 5.91. The zero-order valence-corrected chi connectivity index (χ0v) is 13.4. The van der Waals surface area contributed by atoms with Gasteiger partial charge in [0, 0.05) is 11.6 Å². The normalized spacial score (nSPS) is 14.6. The number of carbonyl (C=O) groups is 2. The molecule has 0 bridgehead atoms. The second kappa shape index (κ2) is 7.36. The van der Waals surface area contributed by atoms with Crippen LogP contribution in [0.25, 0.3) is 11.1 Å². The van der Waals surface area contributed by atoms with E-state index >= 15 is 0 Å². The predicted octanol–water partition coefficient (Wildman–Crippen LogP) is 3.04. The smallest absolute Gasteiger partial charge is 0.316 e. The van der Waals surface area contributed by atoms with E-state index in [4.69, 9.17) is 10.8 Å². The van der Waals surface area contributed by atoms with Gasteiger partial charge in [0.1, 0.15) is 17.5 Å². The molecule has 0 aliphatic carbocycles. The van der Waals surface area contributed by atoms with E-state index < -0.39 is 17.4 Å². The number of benzene rings is 2. The van der Waals surface area contributed by atoms with Crippen molar-refractivity contribution in [3.05, 3.63) is 59.9 Å². The summed E-state index contributed by atoms with van der Waals surface area (Å²) in [6, 6.07) is 13.3. The van der Waals surface area contributed by atoms with Gasteiger partial charge in [-0.2, -0.15) is 0 Å². The second-order valence-corrected chi connectivity index (χ2v) is 6.19. The van der Waals surface area contributed by atoms with Crippen LogP contribution in [-0.4, -0.2) is 23.4 Å². The number of carboxylic acid groups (broad SMARTS) is 1. The number of aldehydes is 1. The fourth-order valence-corrected chi connectivity index (χ4v) is 2.62. The van der Waals surface area contributed by atoms with Crippen molar-refractivity contribution >= 4 is 12.3 Å². The maximum atomic E-state index is 13.8. The van der Waals surface area contributed by atoms with E-state index in [1.807, 2.05) is 12.1 Å².